The van der Waals surface area contributed by atoms with E-state index in [1.165, 1.54) is 22.2 Å². The number of carbonyl (C=O) groups excluding carboxylic acids is 2. The van der Waals surface area contributed by atoms with Crippen molar-refractivity contribution in [1.29, 1.82) is 0 Å². The Labute approximate surface area is 139 Å². The molecule has 1 fully saturated rings. The van der Waals surface area contributed by atoms with E-state index in [9.17, 15) is 9.59 Å². The minimum absolute atomic E-state index is 0.151. The van der Waals surface area contributed by atoms with E-state index in [1.807, 2.05) is 37.3 Å². The highest BCUT2D eigenvalue weighted by Gasteiger charge is 2.32. The first-order valence-corrected chi connectivity index (χ1v) is 8.21. The lowest BCUT2D eigenvalue weighted by Crippen LogP contribution is -2.30. The summed E-state index contributed by atoms with van der Waals surface area (Å²) in [6, 6.07) is 7.90. The second-order valence-electron chi connectivity index (χ2n) is 4.80. The minimum atomic E-state index is -0.320. The van der Waals surface area contributed by atoms with E-state index >= 15 is 0 Å². The maximum absolute atomic E-state index is 12.4. The zero-order chi connectivity index (χ0) is 16.1. The van der Waals surface area contributed by atoms with Crippen LogP contribution in [0.25, 0.3) is 6.08 Å². The molecule has 0 N–H and O–H groups in total. The molecule has 0 saturated carbocycles. The van der Waals surface area contributed by atoms with E-state index in [2.05, 4.69) is 0 Å². The van der Waals surface area contributed by atoms with Gasteiger partial charge in [-0.05, 0) is 25.5 Å². The van der Waals surface area contributed by atoms with E-state index in [0.29, 0.717) is 15.8 Å². The van der Waals surface area contributed by atoms with Crippen molar-refractivity contribution in [3.05, 3.63) is 40.3 Å². The Hall–Kier alpha value is -1.66. The molecule has 1 aliphatic rings. The fourth-order valence-electron chi connectivity index (χ4n) is 1.94. The van der Waals surface area contributed by atoms with Crippen molar-refractivity contribution in [1.82, 2.24) is 4.90 Å². The van der Waals surface area contributed by atoms with Crippen molar-refractivity contribution in [2.24, 2.45) is 0 Å². The SMILES string of the molecule is CCOC(=O)CCN1C(=O)/C(=C/c2ccc(C)cc2)SC1=S. The standard InChI is InChI=1S/C16H17NO3S2/c1-3-20-14(18)8-9-17-15(19)13(22-16(17)21)10-12-6-4-11(2)5-7-12/h4-7,10H,3,8-9H2,1-2H3/b13-10-. The first-order valence-electron chi connectivity index (χ1n) is 6.99. The summed E-state index contributed by atoms with van der Waals surface area (Å²) < 4.78 is 5.34. The summed E-state index contributed by atoms with van der Waals surface area (Å²) in [7, 11) is 0. The number of ether oxygens (including phenoxy) is 1. The van der Waals surface area contributed by atoms with Gasteiger partial charge in [0.25, 0.3) is 5.91 Å². The Bertz CT molecular complexity index is 623. The molecule has 1 aliphatic heterocycles. The first kappa shape index (κ1) is 16.7. The number of aryl methyl sites for hydroxylation is 1. The van der Waals surface area contributed by atoms with Crippen molar-refractivity contribution in [2.45, 2.75) is 20.3 Å². The molecule has 4 nitrogen and oxygen atoms in total. The highest BCUT2D eigenvalue weighted by Crippen LogP contribution is 2.32. The third-order valence-corrected chi connectivity index (χ3v) is 4.47. The highest BCUT2D eigenvalue weighted by molar-refractivity contribution is 8.26. The Morgan fingerprint density at radius 2 is 2.05 bits per heavy atom. The summed E-state index contributed by atoms with van der Waals surface area (Å²) in [5.74, 6) is -0.473. The second kappa shape index (κ2) is 7.56. The van der Waals surface area contributed by atoms with Crippen LogP contribution in [-0.4, -0.2) is 34.2 Å². The van der Waals surface area contributed by atoms with Gasteiger partial charge in [0.15, 0.2) is 0 Å². The maximum Gasteiger partial charge on any atom is 0.307 e. The average Bonchev–Trinajstić information content (AvgIpc) is 2.74. The van der Waals surface area contributed by atoms with Gasteiger partial charge < -0.3 is 4.74 Å². The van der Waals surface area contributed by atoms with Gasteiger partial charge in [-0.2, -0.15) is 0 Å². The number of rotatable bonds is 5. The van der Waals surface area contributed by atoms with Gasteiger partial charge in [0.05, 0.1) is 17.9 Å². The molecule has 1 saturated heterocycles. The van der Waals surface area contributed by atoms with Crippen LogP contribution in [0.5, 0.6) is 0 Å². The number of esters is 1. The number of thioether (sulfide) groups is 1. The molecule has 0 aliphatic carbocycles. The third kappa shape index (κ3) is 4.18. The van der Waals surface area contributed by atoms with Crippen molar-refractivity contribution >= 4 is 46.3 Å². The van der Waals surface area contributed by atoms with Crippen LogP contribution in [0.2, 0.25) is 0 Å². The molecule has 0 bridgehead atoms. The van der Waals surface area contributed by atoms with E-state index in [1.54, 1.807) is 6.92 Å². The molecule has 1 amide bonds. The zero-order valence-electron chi connectivity index (χ0n) is 12.5. The smallest absolute Gasteiger partial charge is 0.307 e. The Morgan fingerprint density at radius 3 is 2.68 bits per heavy atom. The molecular formula is C16H17NO3S2. The molecular weight excluding hydrogens is 318 g/mol. The lowest BCUT2D eigenvalue weighted by atomic mass is 10.1. The predicted octanol–water partition coefficient (Wildman–Crippen LogP) is 3.15. The molecule has 6 heteroatoms. The normalized spacial score (nSPS) is 16.5. The van der Waals surface area contributed by atoms with Gasteiger partial charge >= 0.3 is 5.97 Å². The van der Waals surface area contributed by atoms with Crippen LogP contribution >= 0.6 is 24.0 Å². The first-order chi connectivity index (χ1) is 10.5. The van der Waals surface area contributed by atoms with E-state index in [-0.39, 0.29) is 24.8 Å². The molecule has 1 aromatic rings. The number of hydrogen-bond donors (Lipinski definition) is 0. The number of hydrogen-bond acceptors (Lipinski definition) is 5. The molecule has 22 heavy (non-hydrogen) atoms. The lowest BCUT2D eigenvalue weighted by Gasteiger charge is -2.13. The molecule has 1 heterocycles. The molecule has 0 aromatic heterocycles. The fourth-order valence-corrected chi connectivity index (χ4v) is 3.25. The van der Waals surface area contributed by atoms with Gasteiger partial charge in [-0.25, -0.2) is 0 Å². The van der Waals surface area contributed by atoms with Crippen LogP contribution in [0, 0.1) is 6.92 Å². The molecule has 0 radical (unpaired) electrons. The topological polar surface area (TPSA) is 46.6 Å². The highest BCUT2D eigenvalue weighted by atomic mass is 32.2. The summed E-state index contributed by atoms with van der Waals surface area (Å²) in [5.41, 5.74) is 2.12. The molecule has 116 valence electrons. The monoisotopic (exact) mass is 335 g/mol. The molecule has 1 aromatic carbocycles. The number of nitrogens with zero attached hydrogens (tertiary/aromatic N) is 1. The van der Waals surface area contributed by atoms with Crippen LogP contribution in [0.3, 0.4) is 0 Å². The quantitative estimate of drug-likeness (QED) is 0.470. The lowest BCUT2D eigenvalue weighted by molar-refractivity contribution is -0.143. The predicted molar refractivity (Wildman–Crippen MR) is 92.3 cm³/mol. The fraction of sp³-hybridized carbons (Fsp3) is 0.312. The van der Waals surface area contributed by atoms with Crippen LogP contribution in [0.1, 0.15) is 24.5 Å². The Balaban J connectivity index is 2.05. The van der Waals surface area contributed by atoms with Gasteiger partial charge in [-0.15, -0.1) is 0 Å². The van der Waals surface area contributed by atoms with Crippen molar-refractivity contribution in [2.75, 3.05) is 13.2 Å². The van der Waals surface area contributed by atoms with Crippen LogP contribution < -0.4 is 0 Å². The van der Waals surface area contributed by atoms with Crippen molar-refractivity contribution < 1.29 is 14.3 Å². The summed E-state index contributed by atoms with van der Waals surface area (Å²) in [6.07, 6.45) is 1.97. The molecule has 0 spiro atoms. The van der Waals surface area contributed by atoms with Crippen molar-refractivity contribution in [3.63, 3.8) is 0 Å². The van der Waals surface area contributed by atoms with Gasteiger partial charge in [-0.3, -0.25) is 14.5 Å². The van der Waals surface area contributed by atoms with Crippen molar-refractivity contribution in [3.8, 4) is 0 Å². The van der Waals surface area contributed by atoms with Crippen LogP contribution in [0.15, 0.2) is 29.2 Å². The molecule has 0 unspecified atom stereocenters. The van der Waals surface area contributed by atoms with Crippen LogP contribution in [-0.2, 0) is 14.3 Å². The maximum atomic E-state index is 12.4. The largest absolute Gasteiger partial charge is 0.466 e. The van der Waals surface area contributed by atoms with Gasteiger partial charge in [0.2, 0.25) is 0 Å². The molecule has 0 atom stereocenters. The third-order valence-electron chi connectivity index (χ3n) is 3.09. The van der Waals surface area contributed by atoms with Gasteiger partial charge in [0, 0.05) is 6.54 Å². The zero-order valence-corrected chi connectivity index (χ0v) is 14.1. The minimum Gasteiger partial charge on any atom is -0.466 e. The number of amides is 1. The van der Waals surface area contributed by atoms with Gasteiger partial charge in [0.1, 0.15) is 4.32 Å². The molecule has 2 rings (SSSR count). The summed E-state index contributed by atoms with van der Waals surface area (Å²) in [6.45, 7) is 4.36. The average molecular weight is 335 g/mol. The number of carbonyl (C=O) groups is 2. The number of thiocarbonyl (C=S) groups is 1. The Kier molecular flexibility index (Phi) is 5.74. The summed E-state index contributed by atoms with van der Waals surface area (Å²) in [4.78, 5) is 25.8. The summed E-state index contributed by atoms with van der Waals surface area (Å²) >= 11 is 6.49. The van der Waals surface area contributed by atoms with Gasteiger partial charge in [-0.1, -0.05) is 53.8 Å². The van der Waals surface area contributed by atoms with E-state index in [0.717, 1.165) is 5.56 Å². The summed E-state index contributed by atoms with van der Waals surface area (Å²) in [5, 5.41) is 0. The second-order valence-corrected chi connectivity index (χ2v) is 6.47. The Morgan fingerprint density at radius 1 is 1.36 bits per heavy atom. The van der Waals surface area contributed by atoms with E-state index in [4.69, 9.17) is 17.0 Å². The van der Waals surface area contributed by atoms with E-state index < -0.39 is 0 Å². The number of benzene rings is 1. The van der Waals surface area contributed by atoms with Crippen LogP contribution in [0.4, 0.5) is 0 Å².